The van der Waals surface area contributed by atoms with Crippen LogP contribution < -0.4 is 15.6 Å². The van der Waals surface area contributed by atoms with Crippen LogP contribution in [0.5, 0.6) is 11.5 Å². The highest BCUT2D eigenvalue weighted by Crippen LogP contribution is 2.21. The summed E-state index contributed by atoms with van der Waals surface area (Å²) in [5.41, 5.74) is 0.0961. The standard InChI is InChI=1S/C17H13N3O3/c21-15-10-11-18-17(19-15)20-16(22)12-6-8-14(9-7-12)23-13-4-2-1-3-5-13/h1-11H,(H2,18,19,20,21,22). The molecule has 0 saturated carbocycles. The molecular weight excluding hydrogens is 294 g/mol. The van der Waals surface area contributed by atoms with Gasteiger partial charge in [0.15, 0.2) is 0 Å². The van der Waals surface area contributed by atoms with E-state index in [9.17, 15) is 9.59 Å². The molecular formula is C17H13N3O3. The number of carbonyl (C=O) groups excluding carboxylic acids is 1. The average Bonchev–Trinajstić information content (AvgIpc) is 2.56. The quantitative estimate of drug-likeness (QED) is 0.776. The SMILES string of the molecule is O=C(Nc1nccc(=O)[nH]1)c1ccc(Oc2ccccc2)cc1. The van der Waals surface area contributed by atoms with Gasteiger partial charge in [-0.25, -0.2) is 4.98 Å². The molecule has 0 aliphatic heterocycles. The number of para-hydroxylation sites is 1. The monoisotopic (exact) mass is 307 g/mol. The first-order chi connectivity index (χ1) is 11.2. The van der Waals surface area contributed by atoms with E-state index in [2.05, 4.69) is 15.3 Å². The Morgan fingerprint density at radius 2 is 1.65 bits per heavy atom. The van der Waals surface area contributed by atoms with E-state index in [4.69, 9.17) is 4.74 Å². The zero-order chi connectivity index (χ0) is 16.1. The zero-order valence-electron chi connectivity index (χ0n) is 12.0. The molecule has 6 heteroatoms. The second-order valence-electron chi connectivity index (χ2n) is 4.68. The highest BCUT2D eigenvalue weighted by molar-refractivity contribution is 6.03. The van der Waals surface area contributed by atoms with E-state index in [1.807, 2.05) is 30.3 Å². The average molecular weight is 307 g/mol. The van der Waals surface area contributed by atoms with Crippen LogP contribution in [0.2, 0.25) is 0 Å². The van der Waals surface area contributed by atoms with Crippen molar-refractivity contribution in [2.75, 3.05) is 5.32 Å². The highest BCUT2D eigenvalue weighted by Gasteiger charge is 2.07. The van der Waals surface area contributed by atoms with Crippen LogP contribution in [0.4, 0.5) is 5.95 Å². The van der Waals surface area contributed by atoms with E-state index in [0.717, 1.165) is 5.75 Å². The number of aromatic nitrogens is 2. The van der Waals surface area contributed by atoms with Crippen LogP contribution >= 0.6 is 0 Å². The van der Waals surface area contributed by atoms with E-state index in [1.165, 1.54) is 12.3 Å². The molecule has 0 bridgehead atoms. The lowest BCUT2D eigenvalue weighted by atomic mass is 10.2. The zero-order valence-corrected chi connectivity index (χ0v) is 12.0. The topological polar surface area (TPSA) is 84.1 Å². The number of H-pyrrole nitrogens is 1. The molecule has 0 aliphatic carbocycles. The number of rotatable bonds is 4. The van der Waals surface area contributed by atoms with Crippen molar-refractivity contribution in [1.82, 2.24) is 9.97 Å². The van der Waals surface area contributed by atoms with E-state index in [-0.39, 0.29) is 17.4 Å². The fraction of sp³-hybridized carbons (Fsp3) is 0. The molecule has 0 radical (unpaired) electrons. The third kappa shape index (κ3) is 3.82. The minimum atomic E-state index is -0.370. The molecule has 1 amide bonds. The maximum Gasteiger partial charge on any atom is 0.257 e. The first-order valence-electron chi connectivity index (χ1n) is 6.90. The molecule has 6 nitrogen and oxygen atoms in total. The van der Waals surface area contributed by atoms with Crippen LogP contribution in [-0.4, -0.2) is 15.9 Å². The third-order valence-corrected chi connectivity index (χ3v) is 3.00. The number of nitrogens with zero attached hydrogens (tertiary/aromatic N) is 1. The van der Waals surface area contributed by atoms with Crippen molar-refractivity contribution in [2.45, 2.75) is 0 Å². The molecule has 114 valence electrons. The number of anilines is 1. The molecule has 2 aromatic carbocycles. The molecule has 23 heavy (non-hydrogen) atoms. The van der Waals surface area contributed by atoms with Crippen LogP contribution in [-0.2, 0) is 0 Å². The van der Waals surface area contributed by atoms with Gasteiger partial charge in [0.2, 0.25) is 5.95 Å². The van der Waals surface area contributed by atoms with Crippen LogP contribution in [0.1, 0.15) is 10.4 Å². The fourth-order valence-electron chi connectivity index (χ4n) is 1.91. The lowest BCUT2D eigenvalue weighted by molar-refractivity contribution is 0.102. The predicted molar refractivity (Wildman–Crippen MR) is 85.8 cm³/mol. The van der Waals surface area contributed by atoms with Crippen molar-refractivity contribution < 1.29 is 9.53 Å². The number of nitrogens with one attached hydrogen (secondary N) is 2. The van der Waals surface area contributed by atoms with E-state index in [1.54, 1.807) is 24.3 Å². The number of hydrogen-bond donors (Lipinski definition) is 2. The van der Waals surface area contributed by atoms with Gasteiger partial charge < -0.3 is 4.74 Å². The molecule has 1 aromatic heterocycles. The number of ether oxygens (including phenoxy) is 1. The van der Waals surface area contributed by atoms with Gasteiger partial charge >= 0.3 is 0 Å². The highest BCUT2D eigenvalue weighted by atomic mass is 16.5. The Morgan fingerprint density at radius 1 is 0.957 bits per heavy atom. The number of benzene rings is 2. The van der Waals surface area contributed by atoms with Gasteiger partial charge in [0, 0.05) is 17.8 Å². The van der Waals surface area contributed by atoms with E-state index >= 15 is 0 Å². The van der Waals surface area contributed by atoms with Gasteiger partial charge in [0.25, 0.3) is 11.5 Å². The number of hydrogen-bond acceptors (Lipinski definition) is 4. The maximum atomic E-state index is 12.1. The van der Waals surface area contributed by atoms with Crippen molar-refractivity contribution in [2.24, 2.45) is 0 Å². The summed E-state index contributed by atoms with van der Waals surface area (Å²) >= 11 is 0. The van der Waals surface area contributed by atoms with Crippen LogP contribution in [0.25, 0.3) is 0 Å². The molecule has 0 atom stereocenters. The molecule has 0 spiro atoms. The predicted octanol–water partition coefficient (Wildman–Crippen LogP) is 2.81. The van der Waals surface area contributed by atoms with Gasteiger partial charge in [-0.3, -0.25) is 19.9 Å². The Kier molecular flexibility index (Phi) is 4.15. The summed E-state index contributed by atoms with van der Waals surface area (Å²) in [4.78, 5) is 29.5. The molecule has 0 aliphatic rings. The van der Waals surface area contributed by atoms with Crippen molar-refractivity contribution >= 4 is 11.9 Å². The second kappa shape index (κ2) is 6.57. The summed E-state index contributed by atoms with van der Waals surface area (Å²) in [5.74, 6) is 1.08. The third-order valence-electron chi connectivity index (χ3n) is 3.00. The minimum absolute atomic E-state index is 0.104. The Morgan fingerprint density at radius 3 is 2.35 bits per heavy atom. The first kappa shape index (κ1) is 14.5. The minimum Gasteiger partial charge on any atom is -0.457 e. The Labute approximate surface area is 131 Å². The normalized spacial score (nSPS) is 10.1. The van der Waals surface area contributed by atoms with Gasteiger partial charge in [-0.2, -0.15) is 0 Å². The molecule has 1 heterocycles. The number of aromatic amines is 1. The summed E-state index contributed by atoms with van der Waals surface area (Å²) in [5, 5.41) is 2.52. The Balaban J connectivity index is 1.69. The number of amides is 1. The summed E-state index contributed by atoms with van der Waals surface area (Å²) < 4.78 is 5.66. The summed E-state index contributed by atoms with van der Waals surface area (Å²) in [6.45, 7) is 0. The van der Waals surface area contributed by atoms with E-state index < -0.39 is 0 Å². The van der Waals surface area contributed by atoms with Crippen molar-refractivity contribution in [3.63, 3.8) is 0 Å². The maximum absolute atomic E-state index is 12.1. The molecule has 0 fully saturated rings. The van der Waals surface area contributed by atoms with Gasteiger partial charge in [-0.15, -0.1) is 0 Å². The summed E-state index contributed by atoms with van der Waals surface area (Å²) in [6.07, 6.45) is 1.32. The summed E-state index contributed by atoms with van der Waals surface area (Å²) in [6, 6.07) is 17.3. The molecule has 2 N–H and O–H groups in total. The smallest absolute Gasteiger partial charge is 0.257 e. The van der Waals surface area contributed by atoms with Gasteiger partial charge in [-0.05, 0) is 36.4 Å². The van der Waals surface area contributed by atoms with Crippen molar-refractivity contribution in [1.29, 1.82) is 0 Å². The van der Waals surface area contributed by atoms with Crippen LogP contribution in [0.3, 0.4) is 0 Å². The largest absolute Gasteiger partial charge is 0.457 e. The van der Waals surface area contributed by atoms with Crippen molar-refractivity contribution in [3.05, 3.63) is 82.8 Å². The molecule has 3 rings (SSSR count). The van der Waals surface area contributed by atoms with Gasteiger partial charge in [-0.1, -0.05) is 18.2 Å². The van der Waals surface area contributed by atoms with Gasteiger partial charge in [0.05, 0.1) is 0 Å². The number of carbonyl (C=O) groups is 1. The van der Waals surface area contributed by atoms with Crippen LogP contribution in [0, 0.1) is 0 Å². The molecule has 3 aromatic rings. The molecule has 0 unspecified atom stereocenters. The summed E-state index contributed by atoms with van der Waals surface area (Å²) in [7, 11) is 0. The fourth-order valence-corrected chi connectivity index (χ4v) is 1.91. The van der Waals surface area contributed by atoms with Crippen molar-refractivity contribution in [3.8, 4) is 11.5 Å². The lowest BCUT2D eigenvalue weighted by Gasteiger charge is -2.07. The first-order valence-corrected chi connectivity index (χ1v) is 6.90. The van der Waals surface area contributed by atoms with E-state index in [0.29, 0.717) is 11.3 Å². The Hall–Kier alpha value is -3.41. The molecule has 0 saturated heterocycles. The lowest BCUT2D eigenvalue weighted by Crippen LogP contribution is -2.17. The van der Waals surface area contributed by atoms with Crippen LogP contribution in [0.15, 0.2) is 71.7 Å². The second-order valence-corrected chi connectivity index (χ2v) is 4.68. The van der Waals surface area contributed by atoms with Gasteiger partial charge in [0.1, 0.15) is 11.5 Å². The Bertz CT molecular complexity index is 858.